The van der Waals surface area contributed by atoms with E-state index in [9.17, 15) is 9.59 Å². The highest BCUT2D eigenvalue weighted by Crippen LogP contribution is 2.20. The predicted octanol–water partition coefficient (Wildman–Crippen LogP) is 3.63. The summed E-state index contributed by atoms with van der Waals surface area (Å²) in [7, 11) is 0. The summed E-state index contributed by atoms with van der Waals surface area (Å²) in [6.07, 6.45) is 0. The van der Waals surface area contributed by atoms with Crippen molar-refractivity contribution in [1.82, 2.24) is 9.88 Å². The molecule has 1 atom stereocenters. The van der Waals surface area contributed by atoms with Crippen LogP contribution in [-0.4, -0.2) is 10.5 Å². The van der Waals surface area contributed by atoms with Gasteiger partial charge in [0.1, 0.15) is 6.54 Å². The number of carbonyl (C=O) groups is 1. The van der Waals surface area contributed by atoms with Gasteiger partial charge in [-0.2, -0.15) is 0 Å². The Morgan fingerprint density at radius 3 is 2.62 bits per heavy atom. The maximum absolute atomic E-state index is 12.4. The van der Waals surface area contributed by atoms with Gasteiger partial charge in [0.2, 0.25) is 5.91 Å². The van der Waals surface area contributed by atoms with Gasteiger partial charge in [0, 0.05) is 0 Å². The second kappa shape index (κ2) is 6.52. The molecule has 1 amide bonds. The van der Waals surface area contributed by atoms with Crippen molar-refractivity contribution in [2.24, 2.45) is 0 Å². The average Bonchev–Trinajstić information content (AvgIpc) is 2.96. The molecule has 1 aromatic heterocycles. The Balaban J connectivity index is 1.53. The molecule has 0 aliphatic carbocycles. The molecule has 0 fully saturated rings. The number of nitrogens with zero attached hydrogens (tertiary/aromatic N) is 1. The van der Waals surface area contributed by atoms with E-state index in [1.54, 1.807) is 18.2 Å². The van der Waals surface area contributed by atoms with Crippen molar-refractivity contribution in [2.75, 3.05) is 0 Å². The van der Waals surface area contributed by atoms with E-state index in [1.165, 1.54) is 4.57 Å². The van der Waals surface area contributed by atoms with Crippen LogP contribution < -0.4 is 11.1 Å². The van der Waals surface area contributed by atoms with Crippen molar-refractivity contribution in [3.05, 3.63) is 82.8 Å². The first-order valence-corrected chi connectivity index (χ1v) is 8.48. The van der Waals surface area contributed by atoms with Crippen LogP contribution in [0.4, 0.5) is 0 Å². The molecule has 26 heavy (non-hydrogen) atoms. The maximum Gasteiger partial charge on any atom is 0.420 e. The molecule has 5 nitrogen and oxygen atoms in total. The van der Waals surface area contributed by atoms with Crippen LogP contribution in [0.5, 0.6) is 0 Å². The van der Waals surface area contributed by atoms with Gasteiger partial charge in [-0.05, 0) is 41.5 Å². The minimum Gasteiger partial charge on any atom is -0.408 e. The van der Waals surface area contributed by atoms with E-state index in [2.05, 4.69) is 17.4 Å². The Morgan fingerprint density at radius 1 is 1.04 bits per heavy atom. The van der Waals surface area contributed by atoms with Crippen LogP contribution in [0.3, 0.4) is 0 Å². The molecular formula is C21H18N2O3. The van der Waals surface area contributed by atoms with Gasteiger partial charge in [-0.25, -0.2) is 4.79 Å². The largest absolute Gasteiger partial charge is 0.420 e. The van der Waals surface area contributed by atoms with Crippen LogP contribution in [0, 0.1) is 0 Å². The summed E-state index contributed by atoms with van der Waals surface area (Å²) < 4.78 is 6.51. The fourth-order valence-electron chi connectivity index (χ4n) is 3.15. The molecular weight excluding hydrogens is 328 g/mol. The highest BCUT2D eigenvalue weighted by molar-refractivity contribution is 5.83. The van der Waals surface area contributed by atoms with Crippen LogP contribution in [0.2, 0.25) is 0 Å². The van der Waals surface area contributed by atoms with Gasteiger partial charge in [-0.15, -0.1) is 0 Å². The molecule has 1 heterocycles. The number of aromatic nitrogens is 1. The molecule has 1 unspecified atom stereocenters. The topological polar surface area (TPSA) is 64.2 Å². The van der Waals surface area contributed by atoms with E-state index in [0.29, 0.717) is 11.1 Å². The second-order valence-corrected chi connectivity index (χ2v) is 6.32. The van der Waals surface area contributed by atoms with Crippen molar-refractivity contribution < 1.29 is 9.21 Å². The number of benzene rings is 3. The molecule has 4 rings (SSSR count). The normalized spacial score (nSPS) is 12.3. The minimum atomic E-state index is -0.528. The summed E-state index contributed by atoms with van der Waals surface area (Å²) in [5, 5.41) is 5.24. The zero-order valence-electron chi connectivity index (χ0n) is 14.3. The number of hydrogen-bond acceptors (Lipinski definition) is 3. The molecule has 0 aliphatic heterocycles. The third-order valence-corrected chi connectivity index (χ3v) is 4.53. The lowest BCUT2D eigenvalue weighted by Gasteiger charge is -2.15. The third-order valence-electron chi connectivity index (χ3n) is 4.53. The average molecular weight is 346 g/mol. The minimum absolute atomic E-state index is 0.0756. The predicted molar refractivity (Wildman–Crippen MR) is 101 cm³/mol. The first-order valence-electron chi connectivity index (χ1n) is 8.48. The van der Waals surface area contributed by atoms with E-state index in [1.807, 2.05) is 43.3 Å². The summed E-state index contributed by atoms with van der Waals surface area (Å²) in [6.45, 7) is 1.85. The maximum atomic E-state index is 12.4. The van der Waals surface area contributed by atoms with Gasteiger partial charge in [0.05, 0.1) is 11.6 Å². The van der Waals surface area contributed by atoms with Gasteiger partial charge < -0.3 is 9.73 Å². The first-order chi connectivity index (χ1) is 12.6. The molecule has 0 saturated heterocycles. The number of oxazole rings is 1. The number of nitrogens with one attached hydrogen (secondary N) is 1. The molecule has 0 saturated carbocycles. The highest BCUT2D eigenvalue weighted by Gasteiger charge is 2.15. The van der Waals surface area contributed by atoms with Crippen LogP contribution >= 0.6 is 0 Å². The van der Waals surface area contributed by atoms with Gasteiger partial charge in [0.25, 0.3) is 0 Å². The van der Waals surface area contributed by atoms with Gasteiger partial charge in [0.15, 0.2) is 5.58 Å². The van der Waals surface area contributed by atoms with Crippen LogP contribution in [0.25, 0.3) is 21.9 Å². The van der Waals surface area contributed by atoms with E-state index < -0.39 is 5.76 Å². The molecule has 5 heteroatoms. The molecule has 1 N–H and O–H groups in total. The number of rotatable bonds is 4. The van der Waals surface area contributed by atoms with Crippen LogP contribution in [0.1, 0.15) is 18.5 Å². The second-order valence-electron chi connectivity index (χ2n) is 6.32. The van der Waals surface area contributed by atoms with Crippen molar-refractivity contribution in [3.63, 3.8) is 0 Å². The summed E-state index contributed by atoms with van der Waals surface area (Å²) in [5.74, 6) is -0.765. The van der Waals surface area contributed by atoms with Crippen molar-refractivity contribution >= 4 is 27.8 Å². The Labute approximate surface area is 149 Å². The lowest BCUT2D eigenvalue weighted by Crippen LogP contribution is -2.32. The molecule has 3 aromatic carbocycles. The summed E-state index contributed by atoms with van der Waals surface area (Å²) in [6, 6.07) is 21.1. The third kappa shape index (κ3) is 2.99. The Bertz CT molecular complexity index is 1160. The van der Waals surface area contributed by atoms with Crippen LogP contribution in [-0.2, 0) is 11.3 Å². The number of amides is 1. The van der Waals surface area contributed by atoms with Crippen molar-refractivity contribution in [2.45, 2.75) is 19.5 Å². The van der Waals surface area contributed by atoms with Crippen molar-refractivity contribution in [1.29, 1.82) is 0 Å². The summed E-state index contributed by atoms with van der Waals surface area (Å²) >= 11 is 0. The number of hydrogen-bond donors (Lipinski definition) is 1. The Kier molecular flexibility index (Phi) is 4.05. The monoisotopic (exact) mass is 346 g/mol. The standard InChI is InChI=1S/C21H18N2O3/c1-14(16-11-10-15-6-2-3-7-17(15)12-16)22-20(24)13-23-18-8-4-5-9-19(18)26-21(23)25/h2-12,14H,13H2,1H3,(H,22,24). The summed E-state index contributed by atoms with van der Waals surface area (Å²) in [4.78, 5) is 24.4. The zero-order chi connectivity index (χ0) is 18.1. The first kappa shape index (κ1) is 16.1. The lowest BCUT2D eigenvalue weighted by molar-refractivity contribution is -0.122. The molecule has 0 bridgehead atoms. The van der Waals surface area contributed by atoms with Crippen LogP contribution in [0.15, 0.2) is 75.9 Å². The van der Waals surface area contributed by atoms with E-state index in [4.69, 9.17) is 4.42 Å². The number of carbonyl (C=O) groups excluding carboxylic acids is 1. The Morgan fingerprint density at radius 2 is 1.77 bits per heavy atom. The highest BCUT2D eigenvalue weighted by atomic mass is 16.4. The molecule has 130 valence electrons. The fourth-order valence-corrected chi connectivity index (χ4v) is 3.15. The molecule has 0 radical (unpaired) electrons. The van der Waals surface area contributed by atoms with Gasteiger partial charge in [-0.1, -0.05) is 48.5 Å². The Hall–Kier alpha value is -3.34. The number of para-hydroxylation sites is 2. The molecule has 0 spiro atoms. The smallest absolute Gasteiger partial charge is 0.408 e. The molecule has 0 aliphatic rings. The summed E-state index contributed by atoms with van der Waals surface area (Å²) in [5.41, 5.74) is 2.11. The number of fused-ring (bicyclic) bond motifs is 2. The SMILES string of the molecule is CC(NC(=O)Cn1c(=O)oc2ccccc21)c1ccc2ccccc2c1. The van der Waals surface area contributed by atoms with Gasteiger partial charge >= 0.3 is 5.76 Å². The quantitative estimate of drug-likeness (QED) is 0.614. The van der Waals surface area contributed by atoms with Crippen molar-refractivity contribution in [3.8, 4) is 0 Å². The van der Waals surface area contributed by atoms with E-state index in [0.717, 1.165) is 16.3 Å². The fraction of sp³-hybridized carbons (Fsp3) is 0.143. The van der Waals surface area contributed by atoms with Gasteiger partial charge in [-0.3, -0.25) is 9.36 Å². The van der Waals surface area contributed by atoms with E-state index >= 15 is 0 Å². The molecule has 4 aromatic rings. The zero-order valence-corrected chi connectivity index (χ0v) is 14.3. The lowest BCUT2D eigenvalue weighted by atomic mass is 10.0. The van der Waals surface area contributed by atoms with E-state index in [-0.39, 0.29) is 18.5 Å².